The number of nitrogens with zero attached hydrogens (tertiary/aromatic N) is 1. The van der Waals surface area contributed by atoms with Crippen molar-refractivity contribution in [3.8, 4) is 0 Å². The molecule has 1 aliphatic rings. The van der Waals surface area contributed by atoms with E-state index in [1.54, 1.807) is 4.90 Å². The quantitative estimate of drug-likeness (QED) is 0.844. The van der Waals surface area contributed by atoms with Crippen molar-refractivity contribution < 1.29 is 9.53 Å². The van der Waals surface area contributed by atoms with Crippen LogP contribution in [-0.4, -0.2) is 42.6 Å². The minimum absolute atomic E-state index is 0. The molecule has 2 unspecified atom stereocenters. The van der Waals surface area contributed by atoms with E-state index in [2.05, 4.69) is 13.8 Å². The summed E-state index contributed by atoms with van der Waals surface area (Å²) in [5, 5.41) is 0. The summed E-state index contributed by atoms with van der Waals surface area (Å²) >= 11 is 0. The molecule has 114 valence electrons. The van der Waals surface area contributed by atoms with E-state index < -0.39 is 5.54 Å². The number of halogens is 1. The minimum atomic E-state index is -0.781. The summed E-state index contributed by atoms with van der Waals surface area (Å²) in [6.07, 6.45) is 0.707. The maximum Gasteiger partial charge on any atom is 0.243 e. The van der Waals surface area contributed by atoms with Crippen molar-refractivity contribution >= 4 is 18.3 Å². The third-order valence-corrected chi connectivity index (χ3v) is 4.20. The molecular weight excluding hydrogens is 264 g/mol. The van der Waals surface area contributed by atoms with Crippen molar-refractivity contribution in [2.24, 2.45) is 17.1 Å². The number of amides is 1. The van der Waals surface area contributed by atoms with Crippen LogP contribution in [0.15, 0.2) is 0 Å². The Bertz CT molecular complexity index is 321. The fourth-order valence-electron chi connectivity index (χ4n) is 2.77. The zero-order chi connectivity index (χ0) is 14.1. The van der Waals surface area contributed by atoms with Crippen LogP contribution in [0.1, 0.15) is 41.0 Å². The molecule has 19 heavy (non-hydrogen) atoms. The van der Waals surface area contributed by atoms with Gasteiger partial charge in [-0.05, 0) is 12.8 Å². The van der Waals surface area contributed by atoms with Crippen LogP contribution in [0.2, 0.25) is 0 Å². The zero-order valence-corrected chi connectivity index (χ0v) is 13.8. The third-order valence-electron chi connectivity index (χ3n) is 4.20. The topological polar surface area (TPSA) is 55.6 Å². The van der Waals surface area contributed by atoms with Crippen molar-refractivity contribution in [1.29, 1.82) is 0 Å². The molecule has 0 heterocycles. The number of carbonyl (C=O) groups is 1. The molecule has 4 nitrogen and oxygen atoms in total. The lowest BCUT2D eigenvalue weighted by atomic mass is 9.54. The fourth-order valence-corrected chi connectivity index (χ4v) is 2.77. The smallest absolute Gasteiger partial charge is 0.243 e. The van der Waals surface area contributed by atoms with Crippen LogP contribution in [-0.2, 0) is 9.53 Å². The van der Waals surface area contributed by atoms with E-state index in [-0.39, 0.29) is 29.8 Å². The van der Waals surface area contributed by atoms with Crippen molar-refractivity contribution in [2.75, 3.05) is 20.2 Å². The maximum atomic E-state index is 12.5. The highest BCUT2D eigenvalue weighted by molar-refractivity contribution is 5.88. The molecule has 0 aromatic heterocycles. The fraction of sp³-hybridized carbons (Fsp3) is 0.929. The van der Waals surface area contributed by atoms with E-state index in [1.165, 1.54) is 0 Å². The summed E-state index contributed by atoms with van der Waals surface area (Å²) < 4.78 is 5.65. The molecular formula is C14H29ClN2O2. The van der Waals surface area contributed by atoms with Gasteiger partial charge in [-0.3, -0.25) is 4.79 Å². The molecule has 0 bridgehead atoms. The summed E-state index contributed by atoms with van der Waals surface area (Å²) in [7, 11) is 1.83. The monoisotopic (exact) mass is 292 g/mol. The van der Waals surface area contributed by atoms with Crippen molar-refractivity contribution in [3.63, 3.8) is 0 Å². The SMILES string of the molecule is CCOC1CC(N)(C(=O)N(C)CC(C)C)C1(C)C.Cl. The van der Waals surface area contributed by atoms with Gasteiger partial charge in [0, 0.05) is 32.0 Å². The molecule has 0 radical (unpaired) electrons. The van der Waals surface area contributed by atoms with Gasteiger partial charge in [-0.15, -0.1) is 12.4 Å². The van der Waals surface area contributed by atoms with Crippen LogP contribution in [0.5, 0.6) is 0 Å². The summed E-state index contributed by atoms with van der Waals surface area (Å²) in [5.41, 5.74) is 5.27. The van der Waals surface area contributed by atoms with Gasteiger partial charge in [-0.25, -0.2) is 0 Å². The van der Waals surface area contributed by atoms with Crippen LogP contribution in [0.3, 0.4) is 0 Å². The minimum Gasteiger partial charge on any atom is -0.378 e. The summed E-state index contributed by atoms with van der Waals surface area (Å²) in [6, 6.07) is 0. The molecule has 1 aliphatic carbocycles. The van der Waals surface area contributed by atoms with Gasteiger partial charge in [-0.2, -0.15) is 0 Å². The van der Waals surface area contributed by atoms with E-state index >= 15 is 0 Å². The van der Waals surface area contributed by atoms with Crippen LogP contribution in [0, 0.1) is 11.3 Å². The molecule has 2 N–H and O–H groups in total. The number of hydrogen-bond acceptors (Lipinski definition) is 3. The van der Waals surface area contributed by atoms with E-state index in [1.807, 2.05) is 27.8 Å². The van der Waals surface area contributed by atoms with E-state index in [0.717, 1.165) is 6.54 Å². The number of ether oxygens (including phenoxy) is 1. The second kappa shape index (κ2) is 6.42. The first-order valence-electron chi connectivity index (χ1n) is 6.82. The van der Waals surface area contributed by atoms with Crippen LogP contribution in [0.25, 0.3) is 0 Å². The first kappa shape index (κ1) is 18.7. The predicted molar refractivity (Wildman–Crippen MR) is 80.5 cm³/mol. The number of carbonyl (C=O) groups excluding carboxylic acids is 1. The highest BCUT2D eigenvalue weighted by Crippen LogP contribution is 2.50. The maximum absolute atomic E-state index is 12.5. The summed E-state index contributed by atoms with van der Waals surface area (Å²) in [4.78, 5) is 14.3. The van der Waals surface area contributed by atoms with E-state index in [9.17, 15) is 4.79 Å². The Morgan fingerprint density at radius 1 is 1.47 bits per heavy atom. The van der Waals surface area contributed by atoms with Gasteiger partial charge in [0.15, 0.2) is 0 Å². The molecule has 0 aromatic carbocycles. The first-order valence-corrected chi connectivity index (χ1v) is 6.82. The Hall–Kier alpha value is -0.320. The van der Waals surface area contributed by atoms with E-state index in [4.69, 9.17) is 10.5 Å². The van der Waals surface area contributed by atoms with Crippen LogP contribution >= 0.6 is 12.4 Å². The molecule has 1 amide bonds. The highest BCUT2D eigenvalue weighted by atomic mass is 35.5. The highest BCUT2D eigenvalue weighted by Gasteiger charge is 2.63. The molecule has 0 aromatic rings. The van der Waals surface area contributed by atoms with Gasteiger partial charge in [-0.1, -0.05) is 27.7 Å². The Morgan fingerprint density at radius 2 is 2.00 bits per heavy atom. The molecule has 5 heteroatoms. The first-order chi connectivity index (χ1) is 8.16. The zero-order valence-electron chi connectivity index (χ0n) is 13.0. The average molecular weight is 293 g/mol. The summed E-state index contributed by atoms with van der Waals surface area (Å²) in [6.45, 7) is 11.6. The van der Waals surface area contributed by atoms with Gasteiger partial charge in [0.25, 0.3) is 0 Å². The molecule has 0 spiro atoms. The summed E-state index contributed by atoms with van der Waals surface area (Å²) in [5.74, 6) is 0.491. The molecule has 0 saturated heterocycles. The van der Waals surface area contributed by atoms with Crippen molar-refractivity contribution in [2.45, 2.75) is 52.7 Å². The second-order valence-electron chi connectivity index (χ2n) is 6.42. The Morgan fingerprint density at radius 3 is 2.37 bits per heavy atom. The molecule has 1 fully saturated rings. The number of rotatable bonds is 5. The van der Waals surface area contributed by atoms with Crippen molar-refractivity contribution in [1.82, 2.24) is 4.90 Å². The largest absolute Gasteiger partial charge is 0.378 e. The Kier molecular flexibility index (Phi) is 6.31. The normalized spacial score (nSPS) is 28.5. The average Bonchev–Trinajstić information content (AvgIpc) is 2.26. The van der Waals surface area contributed by atoms with Crippen LogP contribution < -0.4 is 5.73 Å². The third kappa shape index (κ3) is 3.23. The lowest BCUT2D eigenvalue weighted by Gasteiger charge is -2.58. The Balaban J connectivity index is 0.00000324. The van der Waals surface area contributed by atoms with Crippen molar-refractivity contribution in [3.05, 3.63) is 0 Å². The number of likely N-dealkylation sites (N-methyl/N-ethyl adjacent to an activating group) is 1. The molecule has 1 rings (SSSR count). The van der Waals surface area contributed by atoms with Gasteiger partial charge in [0.2, 0.25) is 5.91 Å². The predicted octanol–water partition coefficient (Wildman–Crippen LogP) is 2.06. The van der Waals surface area contributed by atoms with Gasteiger partial charge >= 0.3 is 0 Å². The lowest BCUT2D eigenvalue weighted by molar-refractivity contribution is -0.178. The van der Waals surface area contributed by atoms with Gasteiger partial charge in [0.05, 0.1) is 6.10 Å². The molecule has 1 saturated carbocycles. The number of nitrogens with two attached hydrogens (primary N) is 1. The second-order valence-corrected chi connectivity index (χ2v) is 6.42. The standard InChI is InChI=1S/C14H28N2O2.ClH/c1-7-18-11-8-14(15,13(11,4)5)12(17)16(6)9-10(2)3;/h10-11H,7-9,15H2,1-6H3;1H. The number of hydrogen-bond donors (Lipinski definition) is 1. The van der Waals surface area contributed by atoms with Gasteiger partial charge in [0.1, 0.15) is 5.54 Å². The Labute approximate surface area is 123 Å². The van der Waals surface area contributed by atoms with Gasteiger partial charge < -0.3 is 15.4 Å². The van der Waals surface area contributed by atoms with Crippen LogP contribution in [0.4, 0.5) is 0 Å². The molecule has 2 atom stereocenters. The lowest BCUT2D eigenvalue weighted by Crippen LogP contribution is -2.75. The van der Waals surface area contributed by atoms with E-state index in [0.29, 0.717) is 18.9 Å². The molecule has 0 aliphatic heterocycles.